The number of rotatable bonds is 80. The first kappa shape index (κ1) is 100. The highest BCUT2D eigenvalue weighted by Crippen LogP contribution is 2.45. The predicted molar refractivity (Wildman–Crippen MR) is 418 cm³/mol. The van der Waals surface area contributed by atoms with Crippen LogP contribution in [0.3, 0.4) is 0 Å². The highest BCUT2D eigenvalue weighted by atomic mass is 31.2. The van der Waals surface area contributed by atoms with E-state index in [9.17, 15) is 43.2 Å². The van der Waals surface area contributed by atoms with Crippen LogP contribution in [-0.4, -0.2) is 96.7 Å². The third-order valence-corrected chi connectivity index (χ3v) is 21.2. The molecule has 5 atom stereocenters. The third kappa shape index (κ3) is 76.3. The molecule has 606 valence electrons. The van der Waals surface area contributed by atoms with E-state index >= 15 is 0 Å². The van der Waals surface area contributed by atoms with Gasteiger partial charge in [0.2, 0.25) is 0 Å². The minimum atomic E-state index is -4.96. The lowest BCUT2D eigenvalue weighted by Crippen LogP contribution is -2.30. The van der Waals surface area contributed by atoms with Gasteiger partial charge in [0.15, 0.2) is 12.2 Å². The van der Waals surface area contributed by atoms with Crippen LogP contribution >= 0.6 is 15.6 Å². The standard InChI is InChI=1S/C83H162O17P2/c1-73(2)59-51-43-35-29-23-17-11-9-13-20-26-32-38-47-55-63-80(85)93-69-78(99-82(87)65-57-49-39-33-27-21-14-10-12-18-24-30-36-44-52-60-74(3)4)71-97-101(89,90)95-67-77(84)68-96-102(91,92)98-72-79(70-94-81(86)64-56-48-42-41-46-54-62-76(7)8)100-83(88)66-58-50-40-34-28-22-16-15-19-25-31-37-45-53-61-75(5)6/h73-79,84H,9-72H2,1-8H3,(H,89,90)(H,91,92)/t77?,78-,79-/m1/s1. The molecule has 0 aromatic heterocycles. The number of carbonyl (C=O) groups is 4. The number of unbranched alkanes of at least 4 members (excludes halogenated alkanes) is 46. The minimum Gasteiger partial charge on any atom is -0.462 e. The van der Waals surface area contributed by atoms with Crippen LogP contribution in [0, 0.1) is 23.7 Å². The number of esters is 4. The fourth-order valence-corrected chi connectivity index (χ4v) is 14.4. The molecule has 0 saturated carbocycles. The summed E-state index contributed by atoms with van der Waals surface area (Å²) in [5, 5.41) is 10.7. The van der Waals surface area contributed by atoms with E-state index in [1.54, 1.807) is 0 Å². The Bertz CT molecular complexity index is 1990. The van der Waals surface area contributed by atoms with Gasteiger partial charge >= 0.3 is 39.5 Å². The van der Waals surface area contributed by atoms with Gasteiger partial charge in [0.25, 0.3) is 0 Å². The first-order chi connectivity index (χ1) is 49.1. The van der Waals surface area contributed by atoms with E-state index in [2.05, 4.69) is 55.4 Å². The molecule has 0 aliphatic carbocycles. The van der Waals surface area contributed by atoms with Crippen LogP contribution in [0.25, 0.3) is 0 Å². The van der Waals surface area contributed by atoms with Crippen LogP contribution in [0.5, 0.6) is 0 Å². The van der Waals surface area contributed by atoms with E-state index in [0.29, 0.717) is 31.6 Å². The van der Waals surface area contributed by atoms with Crippen molar-refractivity contribution in [1.29, 1.82) is 0 Å². The van der Waals surface area contributed by atoms with Gasteiger partial charge in [-0.1, -0.05) is 376 Å². The highest BCUT2D eigenvalue weighted by Gasteiger charge is 2.30. The van der Waals surface area contributed by atoms with Gasteiger partial charge in [0.05, 0.1) is 26.4 Å². The van der Waals surface area contributed by atoms with Crippen molar-refractivity contribution in [3.8, 4) is 0 Å². The second kappa shape index (κ2) is 72.0. The highest BCUT2D eigenvalue weighted by molar-refractivity contribution is 7.47. The fourth-order valence-electron chi connectivity index (χ4n) is 12.8. The van der Waals surface area contributed by atoms with Crippen LogP contribution in [0.15, 0.2) is 0 Å². The van der Waals surface area contributed by atoms with Crippen LogP contribution in [-0.2, 0) is 65.4 Å². The molecule has 0 bridgehead atoms. The van der Waals surface area contributed by atoms with E-state index in [4.69, 9.17) is 37.0 Å². The lowest BCUT2D eigenvalue weighted by atomic mass is 10.0. The normalized spacial score (nSPS) is 14.0. The zero-order valence-electron chi connectivity index (χ0n) is 67.2. The second-order valence-corrected chi connectivity index (χ2v) is 34.7. The lowest BCUT2D eigenvalue weighted by molar-refractivity contribution is -0.161. The maximum atomic E-state index is 13.1. The molecule has 0 fully saturated rings. The number of phosphoric ester groups is 2. The van der Waals surface area contributed by atoms with Crippen molar-refractivity contribution in [2.45, 2.75) is 446 Å². The molecule has 3 N–H and O–H groups in total. The summed E-state index contributed by atoms with van der Waals surface area (Å²) < 4.78 is 68.8. The van der Waals surface area contributed by atoms with Gasteiger partial charge in [-0.25, -0.2) is 9.13 Å². The zero-order chi connectivity index (χ0) is 75.3. The van der Waals surface area contributed by atoms with Crippen molar-refractivity contribution in [2.75, 3.05) is 39.6 Å². The largest absolute Gasteiger partial charge is 0.472 e. The lowest BCUT2D eigenvalue weighted by Gasteiger charge is -2.21. The molecular weight excluding hydrogens is 1330 g/mol. The van der Waals surface area contributed by atoms with Gasteiger partial charge in [-0.3, -0.25) is 37.3 Å². The maximum absolute atomic E-state index is 13.1. The molecule has 19 heteroatoms. The van der Waals surface area contributed by atoms with E-state index in [1.165, 1.54) is 225 Å². The van der Waals surface area contributed by atoms with E-state index < -0.39 is 97.5 Å². The molecular formula is C83H162O17P2. The summed E-state index contributed by atoms with van der Waals surface area (Å²) in [4.78, 5) is 73.1. The Hall–Kier alpha value is -1.94. The molecule has 0 spiro atoms. The van der Waals surface area contributed by atoms with E-state index in [1.807, 2.05) is 0 Å². The summed E-state index contributed by atoms with van der Waals surface area (Å²) in [6.45, 7) is 14.3. The number of phosphoric acid groups is 2. The SMILES string of the molecule is CC(C)CCCCCCCCCCCCCCCCCC(=O)OC[C@H](COP(=O)(O)OCC(O)COP(=O)(O)OC[C@@H](COC(=O)CCCCCCCCC(C)C)OC(=O)CCCCCCCCCCCCCCCCC(C)C)OC(=O)CCCCCCCCCCCCCCCCCC(C)C. The number of hydrogen-bond acceptors (Lipinski definition) is 15. The summed E-state index contributed by atoms with van der Waals surface area (Å²) in [6.07, 6.45) is 59.8. The van der Waals surface area contributed by atoms with Gasteiger partial charge in [-0.05, 0) is 49.4 Å². The molecule has 17 nitrogen and oxygen atoms in total. The molecule has 0 aliphatic rings. The van der Waals surface area contributed by atoms with Crippen molar-refractivity contribution >= 4 is 39.5 Å². The second-order valence-electron chi connectivity index (χ2n) is 31.8. The molecule has 0 saturated heterocycles. The first-order valence-electron chi connectivity index (χ1n) is 42.7. The van der Waals surface area contributed by atoms with E-state index in [0.717, 1.165) is 114 Å². The van der Waals surface area contributed by atoms with Crippen molar-refractivity contribution < 1.29 is 80.2 Å². The molecule has 0 rings (SSSR count). The Morgan fingerprint density at radius 2 is 0.412 bits per heavy atom. The Morgan fingerprint density at radius 3 is 0.608 bits per heavy atom. The van der Waals surface area contributed by atoms with Crippen molar-refractivity contribution in [2.24, 2.45) is 23.7 Å². The molecule has 0 heterocycles. The van der Waals surface area contributed by atoms with Crippen LogP contribution in [0.1, 0.15) is 428 Å². The minimum absolute atomic E-state index is 0.106. The third-order valence-electron chi connectivity index (χ3n) is 19.3. The van der Waals surface area contributed by atoms with Gasteiger partial charge in [-0.15, -0.1) is 0 Å². The van der Waals surface area contributed by atoms with Gasteiger partial charge in [0, 0.05) is 25.7 Å². The van der Waals surface area contributed by atoms with Crippen molar-refractivity contribution in [1.82, 2.24) is 0 Å². The van der Waals surface area contributed by atoms with Gasteiger partial charge < -0.3 is 33.8 Å². The molecule has 0 amide bonds. The fraction of sp³-hybridized carbons (Fsp3) is 0.952. The summed E-state index contributed by atoms with van der Waals surface area (Å²) in [6, 6.07) is 0. The Kier molecular flexibility index (Phi) is 70.6. The zero-order valence-corrected chi connectivity index (χ0v) is 69.0. The van der Waals surface area contributed by atoms with Crippen LogP contribution in [0.2, 0.25) is 0 Å². The Labute approximate surface area is 626 Å². The van der Waals surface area contributed by atoms with Gasteiger partial charge in [0.1, 0.15) is 19.3 Å². The smallest absolute Gasteiger partial charge is 0.462 e. The average molecular weight is 1490 g/mol. The average Bonchev–Trinajstić information content (AvgIpc) is 0.911. The summed E-state index contributed by atoms with van der Waals surface area (Å²) in [5.41, 5.74) is 0. The van der Waals surface area contributed by atoms with Crippen molar-refractivity contribution in [3.05, 3.63) is 0 Å². The van der Waals surface area contributed by atoms with Crippen LogP contribution in [0.4, 0.5) is 0 Å². The molecule has 0 aliphatic heterocycles. The van der Waals surface area contributed by atoms with Crippen molar-refractivity contribution in [3.63, 3.8) is 0 Å². The number of carbonyl (C=O) groups excluding carboxylic acids is 4. The predicted octanol–water partition coefficient (Wildman–Crippen LogP) is 24.8. The summed E-state index contributed by atoms with van der Waals surface area (Å²) in [5.74, 6) is 0.971. The van der Waals surface area contributed by atoms with Crippen LogP contribution < -0.4 is 0 Å². The first-order valence-corrected chi connectivity index (χ1v) is 45.7. The Morgan fingerprint density at radius 1 is 0.245 bits per heavy atom. The molecule has 3 unspecified atom stereocenters. The molecule has 102 heavy (non-hydrogen) atoms. The Balaban J connectivity index is 5.23. The summed E-state index contributed by atoms with van der Waals surface area (Å²) in [7, 11) is -9.92. The number of aliphatic hydroxyl groups is 1. The van der Waals surface area contributed by atoms with Gasteiger partial charge in [-0.2, -0.15) is 0 Å². The van der Waals surface area contributed by atoms with E-state index in [-0.39, 0.29) is 25.7 Å². The maximum Gasteiger partial charge on any atom is 0.472 e. The topological polar surface area (TPSA) is 237 Å². The quantitative estimate of drug-likeness (QED) is 0.0222. The summed E-state index contributed by atoms with van der Waals surface area (Å²) >= 11 is 0. The number of aliphatic hydroxyl groups excluding tert-OH is 1. The molecule has 0 aromatic rings. The number of hydrogen-bond donors (Lipinski definition) is 3. The monoisotopic (exact) mass is 1490 g/mol. The molecule has 0 radical (unpaired) electrons. The molecule has 0 aromatic carbocycles. The number of ether oxygens (including phenoxy) is 4.